The Morgan fingerprint density at radius 1 is 1.21 bits per heavy atom. The first-order valence-corrected chi connectivity index (χ1v) is 6.56. The van der Waals surface area contributed by atoms with E-state index in [2.05, 4.69) is 20.6 Å². The minimum Gasteiger partial charge on any atom is -0.347 e. The highest BCUT2D eigenvalue weighted by atomic mass is 16.2. The molecule has 2 N–H and O–H groups in total. The second kappa shape index (κ2) is 3.99. The molecule has 1 saturated carbocycles. The maximum atomic E-state index is 12.1. The van der Waals surface area contributed by atoms with Crippen molar-refractivity contribution in [2.24, 2.45) is 11.8 Å². The number of carbonyl (C=O) groups is 1. The van der Waals surface area contributed by atoms with Crippen molar-refractivity contribution < 1.29 is 4.79 Å². The van der Waals surface area contributed by atoms with E-state index in [9.17, 15) is 4.79 Å². The molecule has 1 aliphatic heterocycles. The molecule has 1 aliphatic carbocycles. The lowest BCUT2D eigenvalue weighted by Gasteiger charge is -2.07. The zero-order valence-corrected chi connectivity index (χ0v) is 10.3. The van der Waals surface area contributed by atoms with E-state index in [1.807, 2.05) is 24.3 Å². The number of piperidine rings is 1. The fourth-order valence-corrected chi connectivity index (χ4v) is 2.92. The Labute approximate surface area is 110 Å². The molecule has 2 aliphatic rings. The highest BCUT2D eigenvalue weighted by molar-refractivity contribution is 5.94. The SMILES string of the molecule is O=C(NC1C2CNCC21)c1cnc2ccccc2n1. The predicted molar refractivity (Wildman–Crippen MR) is 70.6 cm³/mol. The van der Waals surface area contributed by atoms with E-state index in [1.54, 1.807) is 6.20 Å². The van der Waals surface area contributed by atoms with Crippen molar-refractivity contribution >= 4 is 16.9 Å². The number of hydrogen-bond acceptors (Lipinski definition) is 4. The van der Waals surface area contributed by atoms with Gasteiger partial charge >= 0.3 is 0 Å². The number of hydrogen-bond donors (Lipinski definition) is 2. The summed E-state index contributed by atoms with van der Waals surface area (Å²) in [5.41, 5.74) is 1.97. The molecule has 2 atom stereocenters. The molecular weight excluding hydrogens is 240 g/mol. The van der Waals surface area contributed by atoms with Gasteiger partial charge in [-0.2, -0.15) is 0 Å². The van der Waals surface area contributed by atoms with Crippen LogP contribution in [0.25, 0.3) is 11.0 Å². The molecule has 4 rings (SSSR count). The summed E-state index contributed by atoms with van der Waals surface area (Å²) in [6.07, 6.45) is 1.55. The van der Waals surface area contributed by atoms with Gasteiger partial charge in [-0.05, 0) is 24.0 Å². The number of nitrogens with zero attached hydrogens (tertiary/aromatic N) is 2. The average Bonchev–Trinajstić information content (AvgIpc) is 2.88. The molecular formula is C14H14N4O. The van der Waals surface area contributed by atoms with Crippen LogP contribution in [-0.2, 0) is 0 Å². The number of amides is 1. The largest absolute Gasteiger partial charge is 0.347 e. The van der Waals surface area contributed by atoms with Gasteiger partial charge in [0.2, 0.25) is 0 Å². The monoisotopic (exact) mass is 254 g/mol. The Morgan fingerprint density at radius 3 is 2.74 bits per heavy atom. The number of rotatable bonds is 2. The molecule has 0 spiro atoms. The van der Waals surface area contributed by atoms with Gasteiger partial charge in [-0.3, -0.25) is 9.78 Å². The second-order valence-electron chi connectivity index (χ2n) is 5.23. The van der Waals surface area contributed by atoms with Crippen LogP contribution in [0.1, 0.15) is 10.5 Å². The smallest absolute Gasteiger partial charge is 0.271 e. The fraction of sp³-hybridized carbons (Fsp3) is 0.357. The van der Waals surface area contributed by atoms with Gasteiger partial charge in [-0.15, -0.1) is 0 Å². The normalized spacial score (nSPS) is 28.1. The van der Waals surface area contributed by atoms with Crippen molar-refractivity contribution in [2.75, 3.05) is 13.1 Å². The lowest BCUT2D eigenvalue weighted by Crippen LogP contribution is -2.33. The van der Waals surface area contributed by atoms with Crippen LogP contribution in [0, 0.1) is 11.8 Å². The number of fused-ring (bicyclic) bond motifs is 2. The van der Waals surface area contributed by atoms with Gasteiger partial charge < -0.3 is 10.6 Å². The summed E-state index contributed by atoms with van der Waals surface area (Å²) in [4.78, 5) is 20.8. The fourth-order valence-electron chi connectivity index (χ4n) is 2.92. The maximum absolute atomic E-state index is 12.1. The number of benzene rings is 1. The van der Waals surface area contributed by atoms with Crippen LogP contribution >= 0.6 is 0 Å². The maximum Gasteiger partial charge on any atom is 0.271 e. The van der Waals surface area contributed by atoms with Crippen LogP contribution in [0.2, 0.25) is 0 Å². The quantitative estimate of drug-likeness (QED) is 0.822. The molecule has 2 fully saturated rings. The summed E-state index contributed by atoms with van der Waals surface area (Å²) in [5, 5.41) is 6.37. The van der Waals surface area contributed by atoms with Crippen molar-refractivity contribution in [1.29, 1.82) is 0 Å². The van der Waals surface area contributed by atoms with Gasteiger partial charge in [0, 0.05) is 19.1 Å². The topological polar surface area (TPSA) is 66.9 Å². The molecule has 1 aromatic heterocycles. The first-order chi connectivity index (χ1) is 9.33. The lowest BCUT2D eigenvalue weighted by molar-refractivity contribution is 0.0941. The molecule has 19 heavy (non-hydrogen) atoms. The summed E-state index contributed by atoms with van der Waals surface area (Å²) in [5.74, 6) is 1.10. The van der Waals surface area contributed by atoms with Gasteiger partial charge in [0.1, 0.15) is 5.69 Å². The summed E-state index contributed by atoms with van der Waals surface area (Å²) in [6.45, 7) is 2.03. The van der Waals surface area contributed by atoms with E-state index in [0.717, 1.165) is 24.1 Å². The van der Waals surface area contributed by atoms with E-state index < -0.39 is 0 Å². The van der Waals surface area contributed by atoms with E-state index >= 15 is 0 Å². The van der Waals surface area contributed by atoms with Gasteiger partial charge in [0.05, 0.1) is 17.2 Å². The van der Waals surface area contributed by atoms with Crippen molar-refractivity contribution in [3.05, 3.63) is 36.2 Å². The van der Waals surface area contributed by atoms with Gasteiger partial charge in [-0.1, -0.05) is 12.1 Å². The van der Waals surface area contributed by atoms with Gasteiger partial charge in [0.15, 0.2) is 0 Å². The minimum atomic E-state index is -0.113. The molecule has 96 valence electrons. The Balaban J connectivity index is 1.55. The second-order valence-corrected chi connectivity index (χ2v) is 5.23. The summed E-state index contributed by atoms with van der Waals surface area (Å²) in [6, 6.07) is 7.89. The molecule has 1 aromatic carbocycles. The Morgan fingerprint density at radius 2 is 1.95 bits per heavy atom. The van der Waals surface area contributed by atoms with Gasteiger partial charge in [0.25, 0.3) is 5.91 Å². The molecule has 2 heterocycles. The summed E-state index contributed by atoms with van der Waals surface area (Å²) >= 11 is 0. The molecule has 1 amide bonds. The van der Waals surface area contributed by atoms with E-state index in [-0.39, 0.29) is 5.91 Å². The van der Waals surface area contributed by atoms with Crippen LogP contribution in [0.5, 0.6) is 0 Å². The van der Waals surface area contributed by atoms with Crippen molar-refractivity contribution in [3.63, 3.8) is 0 Å². The molecule has 2 aromatic rings. The van der Waals surface area contributed by atoms with E-state index in [0.29, 0.717) is 23.6 Å². The third-order valence-electron chi connectivity index (χ3n) is 4.07. The number of carbonyl (C=O) groups excluding carboxylic acids is 1. The lowest BCUT2D eigenvalue weighted by atomic mass is 10.3. The van der Waals surface area contributed by atoms with Crippen LogP contribution in [-0.4, -0.2) is 35.0 Å². The van der Waals surface area contributed by atoms with E-state index in [1.165, 1.54) is 0 Å². The summed E-state index contributed by atoms with van der Waals surface area (Å²) < 4.78 is 0. The van der Waals surface area contributed by atoms with Crippen LogP contribution < -0.4 is 10.6 Å². The molecule has 0 radical (unpaired) electrons. The summed E-state index contributed by atoms with van der Waals surface area (Å²) in [7, 11) is 0. The Bertz CT molecular complexity index is 647. The van der Waals surface area contributed by atoms with E-state index in [4.69, 9.17) is 0 Å². The zero-order chi connectivity index (χ0) is 12.8. The highest BCUT2D eigenvalue weighted by Gasteiger charge is 2.53. The first-order valence-electron chi connectivity index (χ1n) is 6.56. The van der Waals surface area contributed by atoms with Crippen molar-refractivity contribution in [2.45, 2.75) is 6.04 Å². The van der Waals surface area contributed by atoms with Crippen LogP contribution in [0.3, 0.4) is 0 Å². The molecule has 2 unspecified atom stereocenters. The first kappa shape index (κ1) is 10.9. The number of aromatic nitrogens is 2. The van der Waals surface area contributed by atoms with Crippen LogP contribution in [0.4, 0.5) is 0 Å². The Hall–Kier alpha value is -2.01. The van der Waals surface area contributed by atoms with Crippen LogP contribution in [0.15, 0.2) is 30.5 Å². The molecule has 0 bridgehead atoms. The average molecular weight is 254 g/mol. The predicted octanol–water partition coefficient (Wildman–Crippen LogP) is 0.577. The molecule has 5 nitrogen and oxygen atoms in total. The van der Waals surface area contributed by atoms with Gasteiger partial charge in [-0.25, -0.2) is 4.98 Å². The number of para-hydroxylation sites is 2. The zero-order valence-electron chi connectivity index (χ0n) is 10.3. The number of nitrogens with one attached hydrogen (secondary N) is 2. The third-order valence-corrected chi connectivity index (χ3v) is 4.07. The van der Waals surface area contributed by atoms with Crippen molar-refractivity contribution in [3.8, 4) is 0 Å². The highest BCUT2D eigenvalue weighted by Crippen LogP contribution is 2.41. The van der Waals surface area contributed by atoms with Crippen molar-refractivity contribution in [1.82, 2.24) is 20.6 Å². The molecule has 1 saturated heterocycles. The molecule has 5 heteroatoms. The Kier molecular flexibility index (Phi) is 2.29. The standard InChI is InChI=1S/C14H14N4O/c19-14(18-13-8-5-15-6-9(8)13)12-7-16-10-3-1-2-4-11(10)17-12/h1-4,7-9,13,15H,5-6H2,(H,18,19). The minimum absolute atomic E-state index is 0.113. The third kappa shape index (κ3) is 1.77.